The summed E-state index contributed by atoms with van der Waals surface area (Å²) in [6, 6.07) is 3.92. The van der Waals surface area contributed by atoms with Crippen molar-refractivity contribution in [2.45, 2.75) is 44.4 Å². The van der Waals surface area contributed by atoms with Gasteiger partial charge in [0.2, 0.25) is 0 Å². The third kappa shape index (κ3) is 3.62. The Hall–Kier alpha value is -1.23. The van der Waals surface area contributed by atoms with Crippen LogP contribution >= 0.6 is 0 Å². The van der Waals surface area contributed by atoms with Crippen molar-refractivity contribution in [2.75, 3.05) is 0 Å². The highest BCUT2D eigenvalue weighted by molar-refractivity contribution is 5.27. The lowest BCUT2D eigenvalue weighted by Crippen LogP contribution is -2.50. The van der Waals surface area contributed by atoms with E-state index in [-0.39, 0.29) is 12.2 Å². The molecule has 1 aromatic rings. The molecule has 2 unspecified atom stereocenters. The molecular weight excluding hydrogens is 245 g/mol. The van der Waals surface area contributed by atoms with Crippen LogP contribution in [0.1, 0.15) is 37.4 Å². The lowest BCUT2D eigenvalue weighted by molar-refractivity contribution is -0.107. The Bertz CT molecular complexity index is 447. The summed E-state index contributed by atoms with van der Waals surface area (Å²) in [5.41, 5.74) is 4.44. The van der Waals surface area contributed by atoms with Crippen LogP contribution in [0.4, 0.5) is 4.39 Å². The molecule has 19 heavy (non-hydrogen) atoms. The Kier molecular flexibility index (Phi) is 4.50. The molecule has 106 valence electrons. The van der Waals surface area contributed by atoms with Crippen LogP contribution in [0.25, 0.3) is 0 Å². The van der Waals surface area contributed by atoms with Crippen LogP contribution in [0.3, 0.4) is 0 Å². The molecule has 0 spiro atoms. The van der Waals surface area contributed by atoms with Gasteiger partial charge in [0.25, 0.3) is 0 Å². The van der Waals surface area contributed by atoms with Crippen LogP contribution in [-0.2, 0) is 0 Å². The van der Waals surface area contributed by atoms with E-state index < -0.39 is 17.2 Å². The van der Waals surface area contributed by atoms with Crippen LogP contribution in [0.15, 0.2) is 30.9 Å². The lowest BCUT2D eigenvalue weighted by atomic mass is 9.79. The number of halogens is 1. The summed E-state index contributed by atoms with van der Waals surface area (Å²) in [6.07, 6.45) is 1.34. The molecule has 2 atom stereocenters. The van der Waals surface area contributed by atoms with Gasteiger partial charge in [-0.25, -0.2) is 4.39 Å². The molecule has 1 aromatic carbocycles. The minimum atomic E-state index is -1.54. The minimum absolute atomic E-state index is 0.0584. The molecule has 0 saturated heterocycles. The average molecular weight is 267 g/mol. The second kappa shape index (κ2) is 5.41. The zero-order valence-corrected chi connectivity index (χ0v) is 11.7. The molecular formula is C15H22FNO2. The van der Waals surface area contributed by atoms with Crippen LogP contribution in [0.2, 0.25) is 0 Å². The number of benzene rings is 1. The molecule has 0 aliphatic carbocycles. The number of aliphatic hydroxyl groups is 2. The quantitative estimate of drug-likeness (QED) is 0.717. The van der Waals surface area contributed by atoms with Crippen LogP contribution < -0.4 is 5.73 Å². The first-order valence-corrected chi connectivity index (χ1v) is 6.20. The molecule has 0 heterocycles. The molecule has 0 aliphatic rings. The molecule has 0 aliphatic heterocycles. The average Bonchev–Trinajstić information content (AvgIpc) is 2.25. The highest BCUT2D eigenvalue weighted by Gasteiger charge is 2.40. The largest absolute Gasteiger partial charge is 0.387 e. The molecule has 0 amide bonds. The molecule has 0 bridgehead atoms. The molecule has 0 saturated carbocycles. The van der Waals surface area contributed by atoms with Gasteiger partial charge in [0.1, 0.15) is 11.4 Å². The van der Waals surface area contributed by atoms with Crippen LogP contribution in [-0.4, -0.2) is 21.4 Å². The van der Waals surface area contributed by atoms with E-state index in [1.165, 1.54) is 32.1 Å². The van der Waals surface area contributed by atoms with Crippen molar-refractivity contribution in [3.63, 3.8) is 0 Å². The number of hydrogen-bond acceptors (Lipinski definition) is 3. The summed E-state index contributed by atoms with van der Waals surface area (Å²) < 4.78 is 13.3. The first-order chi connectivity index (χ1) is 8.59. The first kappa shape index (κ1) is 15.8. The van der Waals surface area contributed by atoms with Gasteiger partial charge in [0, 0.05) is 12.5 Å². The molecule has 1 rings (SSSR count). The number of hydrogen-bond donors (Lipinski definition) is 3. The maximum atomic E-state index is 13.3. The summed E-state index contributed by atoms with van der Waals surface area (Å²) in [5.74, 6) is -0.365. The Morgan fingerprint density at radius 1 is 1.37 bits per heavy atom. The molecule has 4 N–H and O–H groups in total. The normalized spacial score (nSPS) is 16.8. The van der Waals surface area contributed by atoms with Gasteiger partial charge in [-0.15, -0.1) is 6.58 Å². The topological polar surface area (TPSA) is 66.5 Å². The fourth-order valence-electron chi connectivity index (χ4n) is 2.01. The van der Waals surface area contributed by atoms with E-state index in [1.54, 1.807) is 13.0 Å². The van der Waals surface area contributed by atoms with E-state index in [2.05, 4.69) is 6.58 Å². The summed E-state index contributed by atoms with van der Waals surface area (Å²) >= 11 is 0. The van der Waals surface area contributed by atoms with Crippen molar-refractivity contribution in [3.8, 4) is 0 Å². The van der Waals surface area contributed by atoms with Crippen LogP contribution in [0.5, 0.6) is 0 Å². The second-order valence-corrected chi connectivity index (χ2v) is 5.56. The third-order valence-corrected chi connectivity index (χ3v) is 3.42. The third-order valence-electron chi connectivity index (χ3n) is 3.42. The Morgan fingerprint density at radius 3 is 2.37 bits per heavy atom. The van der Waals surface area contributed by atoms with Gasteiger partial charge >= 0.3 is 0 Å². The van der Waals surface area contributed by atoms with Gasteiger partial charge in [-0.1, -0.05) is 12.1 Å². The first-order valence-electron chi connectivity index (χ1n) is 6.20. The Morgan fingerprint density at radius 2 is 1.95 bits per heavy atom. The monoisotopic (exact) mass is 267 g/mol. The van der Waals surface area contributed by atoms with Gasteiger partial charge in [0.15, 0.2) is 0 Å². The predicted molar refractivity (Wildman–Crippen MR) is 74.1 cm³/mol. The van der Waals surface area contributed by atoms with Crippen molar-refractivity contribution in [1.82, 2.24) is 0 Å². The van der Waals surface area contributed by atoms with Crippen molar-refractivity contribution in [1.29, 1.82) is 0 Å². The van der Waals surface area contributed by atoms with Crippen LogP contribution in [0, 0.1) is 12.7 Å². The van der Waals surface area contributed by atoms with E-state index in [4.69, 9.17) is 5.73 Å². The zero-order chi connectivity index (χ0) is 14.8. The van der Waals surface area contributed by atoms with Crippen molar-refractivity contribution in [2.24, 2.45) is 5.73 Å². The van der Waals surface area contributed by atoms with E-state index in [0.29, 0.717) is 5.56 Å². The molecule has 0 aromatic heterocycles. The Labute approximate surface area is 113 Å². The standard InChI is InChI=1S/C15H22FNO2/c1-5-15(19,14(3,4)18)9-13(17)11-6-10(2)7-12(16)8-11/h5-8,13,18-19H,1,9,17H2,2-4H3. The Balaban J connectivity index is 3.01. The summed E-state index contributed by atoms with van der Waals surface area (Å²) in [5, 5.41) is 20.4. The van der Waals surface area contributed by atoms with Gasteiger partial charge in [-0.3, -0.25) is 0 Å². The van der Waals surface area contributed by atoms with Crippen molar-refractivity contribution >= 4 is 0 Å². The molecule has 3 nitrogen and oxygen atoms in total. The summed E-state index contributed by atoms with van der Waals surface area (Å²) in [4.78, 5) is 0. The lowest BCUT2D eigenvalue weighted by Gasteiger charge is -2.38. The number of nitrogens with two attached hydrogens (primary N) is 1. The summed E-state index contributed by atoms with van der Waals surface area (Å²) in [6.45, 7) is 8.28. The van der Waals surface area contributed by atoms with Gasteiger partial charge in [-0.05, 0) is 44.0 Å². The highest BCUT2D eigenvalue weighted by atomic mass is 19.1. The van der Waals surface area contributed by atoms with Crippen molar-refractivity contribution < 1.29 is 14.6 Å². The smallest absolute Gasteiger partial charge is 0.123 e. The van der Waals surface area contributed by atoms with Gasteiger partial charge < -0.3 is 15.9 Å². The van der Waals surface area contributed by atoms with E-state index in [0.717, 1.165) is 5.56 Å². The highest BCUT2D eigenvalue weighted by Crippen LogP contribution is 2.32. The van der Waals surface area contributed by atoms with Crippen molar-refractivity contribution in [3.05, 3.63) is 47.8 Å². The minimum Gasteiger partial charge on any atom is -0.387 e. The molecule has 4 heteroatoms. The number of aryl methyl sites for hydroxylation is 1. The summed E-state index contributed by atoms with van der Waals surface area (Å²) in [7, 11) is 0. The van der Waals surface area contributed by atoms with E-state index in [9.17, 15) is 14.6 Å². The maximum Gasteiger partial charge on any atom is 0.123 e. The molecule has 0 fully saturated rings. The SMILES string of the molecule is C=CC(O)(CC(N)c1cc(C)cc(F)c1)C(C)(C)O. The fourth-order valence-corrected chi connectivity index (χ4v) is 2.01. The number of rotatable bonds is 5. The predicted octanol–water partition coefficient (Wildman–Crippen LogP) is 2.21. The maximum absolute atomic E-state index is 13.3. The van der Waals surface area contributed by atoms with E-state index >= 15 is 0 Å². The second-order valence-electron chi connectivity index (χ2n) is 5.56. The van der Waals surface area contributed by atoms with Gasteiger partial charge in [-0.2, -0.15) is 0 Å². The van der Waals surface area contributed by atoms with E-state index in [1.807, 2.05) is 0 Å². The zero-order valence-electron chi connectivity index (χ0n) is 11.7. The fraction of sp³-hybridized carbons (Fsp3) is 0.467. The molecule has 0 radical (unpaired) electrons. The van der Waals surface area contributed by atoms with Gasteiger partial charge in [0.05, 0.1) is 5.60 Å².